The fraction of sp³-hybridized carbons (Fsp3) is 0.429. The van der Waals surface area contributed by atoms with Gasteiger partial charge >= 0.3 is 0 Å². The van der Waals surface area contributed by atoms with Crippen molar-refractivity contribution in [3.05, 3.63) is 29.3 Å². The number of anilines is 1. The molecule has 1 aromatic rings. The SMILES string of the molecule is C[C@@H]1CN[C@@H](C)CN1c1ccc(C#N)c(C#N)c1. The molecule has 1 heterocycles. The normalized spacial score (nSPS) is 23.2. The van der Waals surface area contributed by atoms with Crippen LogP contribution in [0.25, 0.3) is 0 Å². The second kappa shape index (κ2) is 5.08. The smallest absolute Gasteiger partial charge is 0.101 e. The summed E-state index contributed by atoms with van der Waals surface area (Å²) in [5, 5.41) is 21.4. The minimum Gasteiger partial charge on any atom is -0.366 e. The molecule has 0 amide bonds. The van der Waals surface area contributed by atoms with E-state index in [9.17, 15) is 0 Å². The highest BCUT2D eigenvalue weighted by atomic mass is 15.2. The first-order valence-electron chi connectivity index (χ1n) is 6.10. The maximum Gasteiger partial charge on any atom is 0.101 e. The van der Waals surface area contributed by atoms with Crippen LogP contribution in [0.3, 0.4) is 0 Å². The number of nitriles is 2. The zero-order valence-corrected chi connectivity index (χ0v) is 10.6. The second-order valence-electron chi connectivity index (χ2n) is 4.76. The quantitative estimate of drug-likeness (QED) is 0.810. The van der Waals surface area contributed by atoms with Crippen LogP contribution >= 0.6 is 0 Å². The summed E-state index contributed by atoms with van der Waals surface area (Å²) in [5.74, 6) is 0. The molecule has 0 aliphatic carbocycles. The Bertz CT molecular complexity index is 524. The lowest BCUT2D eigenvalue weighted by Crippen LogP contribution is -2.54. The van der Waals surface area contributed by atoms with Crippen molar-refractivity contribution >= 4 is 5.69 Å². The van der Waals surface area contributed by atoms with Gasteiger partial charge in [0.2, 0.25) is 0 Å². The molecule has 1 saturated heterocycles. The molecule has 2 atom stereocenters. The standard InChI is InChI=1S/C14H16N4/c1-10-9-18(11(2)8-17-10)14-4-3-12(6-15)13(5-14)7-16/h3-5,10-11,17H,8-9H2,1-2H3/t10-,11+/m0/s1. The number of rotatable bonds is 1. The molecule has 0 spiro atoms. The van der Waals surface area contributed by atoms with E-state index in [1.54, 1.807) is 6.07 Å². The van der Waals surface area contributed by atoms with Crippen LogP contribution in [-0.4, -0.2) is 25.2 Å². The van der Waals surface area contributed by atoms with Crippen LogP contribution in [0.2, 0.25) is 0 Å². The third-order valence-corrected chi connectivity index (χ3v) is 3.34. The van der Waals surface area contributed by atoms with E-state index in [1.165, 1.54) is 0 Å². The molecule has 0 unspecified atom stereocenters. The Morgan fingerprint density at radius 1 is 1.22 bits per heavy atom. The fourth-order valence-corrected chi connectivity index (χ4v) is 2.28. The molecule has 1 aliphatic rings. The van der Waals surface area contributed by atoms with Crippen molar-refractivity contribution in [2.45, 2.75) is 25.9 Å². The third kappa shape index (κ3) is 2.30. The first-order valence-corrected chi connectivity index (χ1v) is 6.10. The van der Waals surface area contributed by atoms with Gasteiger partial charge in [0, 0.05) is 30.9 Å². The Kier molecular flexibility index (Phi) is 3.50. The molecule has 1 aromatic carbocycles. The van der Waals surface area contributed by atoms with E-state index >= 15 is 0 Å². The highest BCUT2D eigenvalue weighted by Crippen LogP contribution is 2.22. The molecule has 4 heteroatoms. The Hall–Kier alpha value is -2.04. The van der Waals surface area contributed by atoms with E-state index in [0.29, 0.717) is 23.2 Å². The first-order chi connectivity index (χ1) is 8.65. The highest BCUT2D eigenvalue weighted by Gasteiger charge is 2.23. The van der Waals surface area contributed by atoms with Crippen LogP contribution in [0.5, 0.6) is 0 Å². The highest BCUT2D eigenvalue weighted by molar-refractivity contribution is 5.58. The molecule has 2 rings (SSSR count). The van der Waals surface area contributed by atoms with Crippen LogP contribution in [-0.2, 0) is 0 Å². The van der Waals surface area contributed by atoms with Gasteiger partial charge in [0.25, 0.3) is 0 Å². The molecular weight excluding hydrogens is 224 g/mol. The molecule has 4 nitrogen and oxygen atoms in total. The second-order valence-corrected chi connectivity index (χ2v) is 4.76. The molecule has 0 radical (unpaired) electrons. The molecule has 18 heavy (non-hydrogen) atoms. The van der Waals surface area contributed by atoms with E-state index in [2.05, 4.69) is 30.1 Å². The van der Waals surface area contributed by atoms with Crippen molar-refractivity contribution in [3.8, 4) is 12.1 Å². The topological polar surface area (TPSA) is 62.9 Å². The van der Waals surface area contributed by atoms with Crippen LogP contribution in [0.1, 0.15) is 25.0 Å². The van der Waals surface area contributed by atoms with Gasteiger partial charge in [-0.2, -0.15) is 10.5 Å². The van der Waals surface area contributed by atoms with Gasteiger partial charge in [0.05, 0.1) is 11.1 Å². The van der Waals surface area contributed by atoms with Crippen molar-refractivity contribution in [1.29, 1.82) is 10.5 Å². The molecule has 1 fully saturated rings. The zero-order valence-electron chi connectivity index (χ0n) is 10.6. The maximum atomic E-state index is 9.06. The van der Waals surface area contributed by atoms with Crippen molar-refractivity contribution in [3.63, 3.8) is 0 Å². The van der Waals surface area contributed by atoms with E-state index in [1.807, 2.05) is 18.2 Å². The van der Waals surface area contributed by atoms with Crippen LogP contribution in [0.15, 0.2) is 18.2 Å². The van der Waals surface area contributed by atoms with E-state index in [4.69, 9.17) is 10.5 Å². The minimum absolute atomic E-state index is 0.390. The van der Waals surface area contributed by atoms with Crippen LogP contribution in [0.4, 0.5) is 5.69 Å². The van der Waals surface area contributed by atoms with E-state index < -0.39 is 0 Å². The monoisotopic (exact) mass is 240 g/mol. The molecule has 0 aromatic heterocycles. The van der Waals surface area contributed by atoms with Gasteiger partial charge in [-0.05, 0) is 32.0 Å². The summed E-state index contributed by atoms with van der Waals surface area (Å²) in [5.41, 5.74) is 1.91. The number of nitrogens with one attached hydrogen (secondary N) is 1. The first kappa shape index (κ1) is 12.4. The van der Waals surface area contributed by atoms with Gasteiger partial charge < -0.3 is 10.2 Å². The number of benzene rings is 1. The lowest BCUT2D eigenvalue weighted by Gasteiger charge is -2.39. The lowest BCUT2D eigenvalue weighted by molar-refractivity contribution is 0.425. The molecule has 92 valence electrons. The number of hydrogen-bond acceptors (Lipinski definition) is 4. The lowest BCUT2D eigenvalue weighted by atomic mass is 10.1. The van der Waals surface area contributed by atoms with Gasteiger partial charge in [-0.3, -0.25) is 0 Å². The molecular formula is C14H16N4. The Balaban J connectivity index is 2.34. The summed E-state index contributed by atoms with van der Waals surface area (Å²) in [6, 6.07) is 10.4. The Morgan fingerprint density at radius 3 is 2.61 bits per heavy atom. The van der Waals surface area contributed by atoms with Crippen LogP contribution in [0, 0.1) is 22.7 Å². The zero-order chi connectivity index (χ0) is 13.1. The summed E-state index contributed by atoms with van der Waals surface area (Å²) in [4.78, 5) is 2.28. The predicted molar refractivity (Wildman–Crippen MR) is 70.1 cm³/mol. The maximum absolute atomic E-state index is 9.06. The average Bonchev–Trinajstić information content (AvgIpc) is 2.40. The summed E-state index contributed by atoms with van der Waals surface area (Å²) in [6.45, 7) is 6.15. The summed E-state index contributed by atoms with van der Waals surface area (Å²) in [7, 11) is 0. The van der Waals surface area contributed by atoms with Crippen LogP contribution < -0.4 is 10.2 Å². The fourth-order valence-electron chi connectivity index (χ4n) is 2.28. The molecule has 0 saturated carbocycles. The van der Waals surface area contributed by atoms with E-state index in [0.717, 1.165) is 18.8 Å². The van der Waals surface area contributed by atoms with Crippen molar-refractivity contribution in [2.75, 3.05) is 18.0 Å². The number of nitrogens with zero attached hydrogens (tertiary/aromatic N) is 3. The summed E-state index contributed by atoms with van der Waals surface area (Å²) >= 11 is 0. The minimum atomic E-state index is 0.390. The third-order valence-electron chi connectivity index (χ3n) is 3.34. The van der Waals surface area contributed by atoms with Crippen molar-refractivity contribution in [1.82, 2.24) is 5.32 Å². The summed E-state index contributed by atoms with van der Waals surface area (Å²) in [6.07, 6.45) is 0. The molecule has 0 bridgehead atoms. The molecule has 1 aliphatic heterocycles. The predicted octanol–water partition coefficient (Wildman–Crippen LogP) is 1.62. The Labute approximate surface area is 107 Å². The van der Waals surface area contributed by atoms with Gasteiger partial charge in [-0.1, -0.05) is 0 Å². The number of piperazine rings is 1. The van der Waals surface area contributed by atoms with E-state index in [-0.39, 0.29) is 0 Å². The van der Waals surface area contributed by atoms with Gasteiger partial charge in [0.15, 0.2) is 0 Å². The average molecular weight is 240 g/mol. The molecule has 1 N–H and O–H groups in total. The largest absolute Gasteiger partial charge is 0.366 e. The van der Waals surface area contributed by atoms with Crippen molar-refractivity contribution in [2.24, 2.45) is 0 Å². The summed E-state index contributed by atoms with van der Waals surface area (Å²) < 4.78 is 0. The number of hydrogen-bond donors (Lipinski definition) is 1. The van der Waals surface area contributed by atoms with Gasteiger partial charge in [-0.25, -0.2) is 0 Å². The van der Waals surface area contributed by atoms with Crippen molar-refractivity contribution < 1.29 is 0 Å². The van der Waals surface area contributed by atoms with Gasteiger partial charge in [0.1, 0.15) is 12.1 Å². The van der Waals surface area contributed by atoms with Gasteiger partial charge in [-0.15, -0.1) is 0 Å². The Morgan fingerprint density at radius 2 is 1.94 bits per heavy atom.